The van der Waals surface area contributed by atoms with Crippen LogP contribution in [0.2, 0.25) is 0 Å². The van der Waals surface area contributed by atoms with Crippen molar-refractivity contribution in [3.63, 3.8) is 0 Å². The molecule has 0 fully saturated rings. The van der Waals surface area contributed by atoms with Crippen molar-refractivity contribution in [1.82, 2.24) is 5.32 Å². The predicted octanol–water partition coefficient (Wildman–Crippen LogP) is 3.74. The zero-order valence-corrected chi connectivity index (χ0v) is 13.7. The van der Waals surface area contributed by atoms with E-state index in [1.807, 2.05) is 0 Å². The van der Waals surface area contributed by atoms with Crippen LogP contribution in [0.25, 0.3) is 0 Å². The highest BCUT2D eigenvalue weighted by molar-refractivity contribution is 5.23. The zero-order chi connectivity index (χ0) is 15.2. The molecule has 114 valence electrons. The first-order chi connectivity index (χ1) is 9.31. The summed E-state index contributed by atoms with van der Waals surface area (Å²) in [4.78, 5) is 0. The molecule has 0 spiro atoms. The number of aliphatic hydroxyl groups is 1. The van der Waals surface area contributed by atoms with Crippen molar-refractivity contribution >= 4 is 0 Å². The van der Waals surface area contributed by atoms with Gasteiger partial charge in [0.25, 0.3) is 0 Å². The zero-order valence-electron chi connectivity index (χ0n) is 13.7. The Hall–Kier alpha value is -0.860. The first kappa shape index (κ1) is 17.2. The van der Waals surface area contributed by atoms with Crippen LogP contribution in [0, 0.1) is 5.92 Å². The normalized spacial score (nSPS) is 15.3. The van der Waals surface area contributed by atoms with E-state index in [0.29, 0.717) is 18.5 Å². The van der Waals surface area contributed by atoms with Gasteiger partial charge >= 0.3 is 0 Å². The molecule has 0 saturated carbocycles. The quantitative estimate of drug-likeness (QED) is 0.758. The molecule has 0 bridgehead atoms. The topological polar surface area (TPSA) is 32.3 Å². The van der Waals surface area contributed by atoms with Gasteiger partial charge in [-0.25, -0.2) is 0 Å². The van der Waals surface area contributed by atoms with Gasteiger partial charge in [-0.2, -0.15) is 0 Å². The van der Waals surface area contributed by atoms with E-state index < -0.39 is 0 Å². The van der Waals surface area contributed by atoms with Crippen LogP contribution in [0.5, 0.6) is 0 Å². The smallest absolute Gasteiger partial charge is 0.0667 e. The Bertz CT molecular complexity index is 372. The van der Waals surface area contributed by atoms with Gasteiger partial charge < -0.3 is 10.4 Å². The van der Waals surface area contributed by atoms with Crippen LogP contribution in [0.3, 0.4) is 0 Å². The number of rotatable bonds is 8. The molecule has 2 nitrogen and oxygen atoms in total. The second-order valence-electron chi connectivity index (χ2n) is 7.05. The van der Waals surface area contributed by atoms with Crippen molar-refractivity contribution in [3.05, 3.63) is 35.9 Å². The molecule has 1 rings (SSSR count). The van der Waals surface area contributed by atoms with E-state index in [2.05, 4.69) is 70.3 Å². The molecule has 2 N–H and O–H groups in total. The lowest BCUT2D eigenvalue weighted by Gasteiger charge is -2.30. The summed E-state index contributed by atoms with van der Waals surface area (Å²) in [6.45, 7) is 11.7. The highest BCUT2D eigenvalue weighted by Crippen LogP contribution is 2.28. The van der Waals surface area contributed by atoms with Gasteiger partial charge in [-0.15, -0.1) is 0 Å². The van der Waals surface area contributed by atoms with Gasteiger partial charge in [0, 0.05) is 12.6 Å². The van der Waals surface area contributed by atoms with Gasteiger partial charge in [0.1, 0.15) is 0 Å². The summed E-state index contributed by atoms with van der Waals surface area (Å²) in [6.07, 6.45) is 1.69. The maximum Gasteiger partial charge on any atom is 0.0667 e. The number of aliphatic hydroxyl groups excluding tert-OH is 1. The van der Waals surface area contributed by atoms with Crippen LogP contribution in [-0.2, 0) is 5.41 Å². The third-order valence-electron chi connectivity index (χ3n) is 3.82. The number of hydrogen-bond donors (Lipinski definition) is 2. The maximum atomic E-state index is 9.92. The van der Waals surface area contributed by atoms with Gasteiger partial charge in [0.2, 0.25) is 0 Å². The molecule has 1 aromatic rings. The predicted molar refractivity (Wildman–Crippen MR) is 87.0 cm³/mol. The number of hydrogen-bond acceptors (Lipinski definition) is 2. The standard InChI is InChI=1S/C18H31NO/c1-14(2)11-17(20)13-19-15(3)12-18(4,5)16-9-7-6-8-10-16/h6-10,14-15,17,19-20H,11-13H2,1-5H3. The molecule has 0 aliphatic rings. The summed E-state index contributed by atoms with van der Waals surface area (Å²) in [5.74, 6) is 0.544. The summed E-state index contributed by atoms with van der Waals surface area (Å²) < 4.78 is 0. The second-order valence-corrected chi connectivity index (χ2v) is 7.05. The largest absolute Gasteiger partial charge is 0.392 e. The summed E-state index contributed by atoms with van der Waals surface area (Å²) >= 11 is 0. The van der Waals surface area contributed by atoms with Gasteiger partial charge in [0.15, 0.2) is 0 Å². The molecule has 1 aromatic carbocycles. The maximum absolute atomic E-state index is 9.92. The van der Waals surface area contributed by atoms with E-state index in [4.69, 9.17) is 0 Å². The first-order valence-corrected chi connectivity index (χ1v) is 7.78. The van der Waals surface area contributed by atoms with Crippen molar-refractivity contribution in [2.24, 2.45) is 5.92 Å². The van der Waals surface area contributed by atoms with E-state index in [1.54, 1.807) is 0 Å². The Balaban J connectivity index is 2.43. The Kier molecular flexibility index (Phi) is 6.70. The molecule has 2 unspecified atom stereocenters. The summed E-state index contributed by atoms with van der Waals surface area (Å²) in [7, 11) is 0. The Labute approximate surface area is 124 Å². The van der Waals surface area contributed by atoms with Gasteiger partial charge in [-0.05, 0) is 36.7 Å². The molecule has 2 heteroatoms. The summed E-state index contributed by atoms with van der Waals surface area (Å²) in [6, 6.07) is 11.0. The first-order valence-electron chi connectivity index (χ1n) is 7.78. The van der Waals surface area contributed by atoms with Crippen LogP contribution < -0.4 is 5.32 Å². The average Bonchev–Trinajstić information content (AvgIpc) is 2.36. The molecule has 0 radical (unpaired) electrons. The minimum absolute atomic E-state index is 0.149. The third kappa shape index (κ3) is 6.06. The summed E-state index contributed by atoms with van der Waals surface area (Å²) in [5, 5.41) is 13.4. The van der Waals surface area contributed by atoms with Crippen LogP contribution in [-0.4, -0.2) is 23.8 Å². The van der Waals surface area contributed by atoms with Crippen LogP contribution in [0.4, 0.5) is 0 Å². The Morgan fingerprint density at radius 1 is 1.10 bits per heavy atom. The van der Waals surface area contributed by atoms with Crippen LogP contribution >= 0.6 is 0 Å². The molecular weight excluding hydrogens is 246 g/mol. The van der Waals surface area contributed by atoms with Crippen molar-refractivity contribution in [3.8, 4) is 0 Å². The molecule has 0 amide bonds. The lowest BCUT2D eigenvalue weighted by Crippen LogP contribution is -2.38. The lowest BCUT2D eigenvalue weighted by molar-refractivity contribution is 0.141. The second kappa shape index (κ2) is 7.80. The van der Waals surface area contributed by atoms with E-state index >= 15 is 0 Å². The molecular formula is C18H31NO. The minimum Gasteiger partial charge on any atom is -0.392 e. The van der Waals surface area contributed by atoms with E-state index in [0.717, 1.165) is 12.8 Å². The monoisotopic (exact) mass is 277 g/mol. The van der Waals surface area contributed by atoms with Crippen LogP contribution in [0.1, 0.15) is 53.0 Å². The highest BCUT2D eigenvalue weighted by Gasteiger charge is 2.23. The summed E-state index contributed by atoms with van der Waals surface area (Å²) in [5.41, 5.74) is 1.52. The Morgan fingerprint density at radius 3 is 2.25 bits per heavy atom. The van der Waals surface area contributed by atoms with Crippen molar-refractivity contribution < 1.29 is 5.11 Å². The molecule has 0 saturated heterocycles. The van der Waals surface area contributed by atoms with E-state index in [9.17, 15) is 5.11 Å². The highest BCUT2D eigenvalue weighted by atomic mass is 16.3. The fourth-order valence-electron chi connectivity index (χ4n) is 2.81. The van der Waals surface area contributed by atoms with Gasteiger partial charge in [0.05, 0.1) is 6.10 Å². The SMILES string of the molecule is CC(C)CC(O)CNC(C)CC(C)(C)c1ccccc1. The average molecular weight is 277 g/mol. The molecule has 0 aliphatic heterocycles. The number of nitrogens with one attached hydrogen (secondary N) is 1. The third-order valence-corrected chi connectivity index (χ3v) is 3.82. The Morgan fingerprint density at radius 2 is 1.70 bits per heavy atom. The number of benzene rings is 1. The van der Waals surface area contributed by atoms with E-state index in [1.165, 1.54) is 5.56 Å². The van der Waals surface area contributed by atoms with E-state index in [-0.39, 0.29) is 11.5 Å². The van der Waals surface area contributed by atoms with Crippen molar-refractivity contribution in [1.29, 1.82) is 0 Å². The fraction of sp³-hybridized carbons (Fsp3) is 0.667. The molecule has 0 aliphatic carbocycles. The lowest BCUT2D eigenvalue weighted by atomic mass is 9.79. The van der Waals surface area contributed by atoms with Gasteiger partial charge in [-0.1, -0.05) is 58.0 Å². The van der Waals surface area contributed by atoms with Crippen molar-refractivity contribution in [2.45, 2.75) is 65.0 Å². The van der Waals surface area contributed by atoms with Crippen molar-refractivity contribution in [2.75, 3.05) is 6.54 Å². The molecule has 0 heterocycles. The molecule has 2 atom stereocenters. The minimum atomic E-state index is -0.239. The van der Waals surface area contributed by atoms with Crippen LogP contribution in [0.15, 0.2) is 30.3 Å². The molecule has 20 heavy (non-hydrogen) atoms. The molecule has 0 aromatic heterocycles. The van der Waals surface area contributed by atoms with Gasteiger partial charge in [-0.3, -0.25) is 0 Å². The fourth-order valence-corrected chi connectivity index (χ4v) is 2.81.